The van der Waals surface area contributed by atoms with Crippen molar-refractivity contribution in [2.75, 3.05) is 13.2 Å². The lowest BCUT2D eigenvalue weighted by atomic mass is 10.1. The Bertz CT molecular complexity index is 658. The second-order valence-electron chi connectivity index (χ2n) is 5.80. The fraction of sp³-hybridized carbons (Fsp3) is 0.471. The summed E-state index contributed by atoms with van der Waals surface area (Å²) in [6.07, 6.45) is 3.12. The molecule has 3 rings (SSSR count). The second-order valence-corrected chi connectivity index (χ2v) is 5.80. The van der Waals surface area contributed by atoms with Gasteiger partial charge >= 0.3 is 6.03 Å². The number of aromatic nitrogens is 3. The summed E-state index contributed by atoms with van der Waals surface area (Å²) in [6.45, 7) is 3.65. The summed E-state index contributed by atoms with van der Waals surface area (Å²) in [5, 5.41) is 10.1. The summed E-state index contributed by atoms with van der Waals surface area (Å²) in [4.78, 5) is 16.4. The molecule has 0 saturated heterocycles. The highest BCUT2D eigenvalue weighted by Crippen LogP contribution is 2.16. The van der Waals surface area contributed by atoms with Crippen LogP contribution in [0.25, 0.3) is 0 Å². The Kier molecular flexibility index (Phi) is 5.43. The molecule has 7 heteroatoms. The second kappa shape index (κ2) is 7.92. The van der Waals surface area contributed by atoms with Gasteiger partial charge < -0.3 is 15.4 Å². The molecule has 2 amide bonds. The van der Waals surface area contributed by atoms with E-state index in [1.165, 1.54) is 0 Å². The Morgan fingerprint density at radius 2 is 2.25 bits per heavy atom. The van der Waals surface area contributed by atoms with Gasteiger partial charge in [0.25, 0.3) is 0 Å². The highest BCUT2D eigenvalue weighted by atomic mass is 16.5. The predicted octanol–water partition coefficient (Wildman–Crippen LogP) is 1.67. The van der Waals surface area contributed by atoms with Crippen molar-refractivity contribution in [1.82, 2.24) is 25.4 Å². The summed E-state index contributed by atoms with van der Waals surface area (Å²) < 4.78 is 7.59. The van der Waals surface area contributed by atoms with Gasteiger partial charge in [-0.2, -0.15) is 5.10 Å². The molecule has 0 saturated carbocycles. The summed E-state index contributed by atoms with van der Waals surface area (Å²) in [6, 6.07) is 9.82. The van der Waals surface area contributed by atoms with Crippen LogP contribution in [0.3, 0.4) is 0 Å². The zero-order valence-electron chi connectivity index (χ0n) is 13.8. The number of ether oxygens (including phenoxy) is 1. The SMILES string of the molecule is CCO[C@@H](CNC(=O)N[C@H]1CCc2ncnn2C1)c1ccccc1. The molecule has 24 heavy (non-hydrogen) atoms. The summed E-state index contributed by atoms with van der Waals surface area (Å²) in [5.74, 6) is 0.981. The van der Waals surface area contributed by atoms with Crippen LogP contribution in [-0.2, 0) is 17.7 Å². The fourth-order valence-corrected chi connectivity index (χ4v) is 2.92. The van der Waals surface area contributed by atoms with Crippen molar-refractivity contribution < 1.29 is 9.53 Å². The van der Waals surface area contributed by atoms with Crippen molar-refractivity contribution in [3.63, 3.8) is 0 Å². The monoisotopic (exact) mass is 329 g/mol. The van der Waals surface area contributed by atoms with Crippen LogP contribution in [0.5, 0.6) is 0 Å². The topological polar surface area (TPSA) is 81.1 Å². The predicted molar refractivity (Wildman–Crippen MR) is 89.5 cm³/mol. The van der Waals surface area contributed by atoms with Crippen molar-refractivity contribution in [2.45, 2.75) is 38.5 Å². The van der Waals surface area contributed by atoms with Gasteiger partial charge in [0.1, 0.15) is 12.2 Å². The van der Waals surface area contributed by atoms with E-state index in [-0.39, 0.29) is 18.2 Å². The number of hydrogen-bond donors (Lipinski definition) is 2. The molecule has 0 unspecified atom stereocenters. The standard InChI is InChI=1S/C17H23N5O2/c1-2-24-15(13-6-4-3-5-7-13)10-18-17(23)21-14-8-9-16-19-12-20-22(16)11-14/h3-7,12,14-15H,2,8-11H2,1H3,(H2,18,21,23)/t14-,15-/m0/s1. The van der Waals surface area contributed by atoms with E-state index in [1.54, 1.807) is 6.33 Å². The smallest absolute Gasteiger partial charge is 0.315 e. The lowest BCUT2D eigenvalue weighted by molar-refractivity contribution is 0.0638. The normalized spacial score (nSPS) is 17.8. The van der Waals surface area contributed by atoms with Gasteiger partial charge in [0.15, 0.2) is 0 Å². The van der Waals surface area contributed by atoms with Crippen molar-refractivity contribution in [3.05, 3.63) is 48.0 Å². The third-order valence-electron chi connectivity index (χ3n) is 4.13. The maximum atomic E-state index is 12.2. The van der Waals surface area contributed by atoms with Gasteiger partial charge in [-0.1, -0.05) is 30.3 Å². The van der Waals surface area contributed by atoms with Crippen molar-refractivity contribution in [3.8, 4) is 0 Å². The molecular formula is C17H23N5O2. The fourth-order valence-electron chi connectivity index (χ4n) is 2.92. The lowest BCUT2D eigenvalue weighted by Crippen LogP contribution is -2.47. The van der Waals surface area contributed by atoms with Crippen LogP contribution in [0.1, 0.15) is 30.8 Å². The average molecular weight is 329 g/mol. The van der Waals surface area contributed by atoms with Gasteiger partial charge in [0.05, 0.1) is 18.7 Å². The number of hydrogen-bond acceptors (Lipinski definition) is 4. The third-order valence-corrected chi connectivity index (χ3v) is 4.13. The number of carbonyl (C=O) groups excluding carboxylic acids is 1. The van der Waals surface area contributed by atoms with Crippen LogP contribution in [0.2, 0.25) is 0 Å². The highest BCUT2D eigenvalue weighted by molar-refractivity contribution is 5.74. The molecule has 7 nitrogen and oxygen atoms in total. The average Bonchev–Trinajstić information content (AvgIpc) is 3.07. The number of rotatable bonds is 6. The van der Waals surface area contributed by atoms with Crippen LogP contribution < -0.4 is 10.6 Å². The largest absolute Gasteiger partial charge is 0.372 e. The Morgan fingerprint density at radius 3 is 3.04 bits per heavy atom. The molecule has 1 aromatic heterocycles. The summed E-state index contributed by atoms with van der Waals surface area (Å²) in [7, 11) is 0. The molecule has 0 bridgehead atoms. The van der Waals surface area contributed by atoms with Gasteiger partial charge in [-0.25, -0.2) is 14.5 Å². The summed E-state index contributed by atoms with van der Waals surface area (Å²) in [5.41, 5.74) is 1.06. The van der Waals surface area contributed by atoms with Crippen molar-refractivity contribution in [2.24, 2.45) is 0 Å². The van der Waals surface area contributed by atoms with Crippen LogP contribution in [-0.4, -0.2) is 40.0 Å². The molecule has 0 spiro atoms. The van der Waals surface area contributed by atoms with E-state index >= 15 is 0 Å². The zero-order valence-corrected chi connectivity index (χ0v) is 13.8. The van der Waals surface area contributed by atoms with E-state index in [2.05, 4.69) is 20.7 Å². The number of carbonyl (C=O) groups is 1. The Hall–Kier alpha value is -2.41. The Morgan fingerprint density at radius 1 is 1.42 bits per heavy atom. The molecule has 2 heterocycles. The minimum absolute atomic E-state index is 0.0708. The van der Waals surface area contributed by atoms with E-state index < -0.39 is 0 Å². The van der Waals surface area contributed by atoms with Crippen LogP contribution >= 0.6 is 0 Å². The molecule has 1 aromatic carbocycles. The lowest BCUT2D eigenvalue weighted by Gasteiger charge is -2.24. The number of aryl methyl sites for hydroxylation is 1. The molecule has 0 fully saturated rings. The van der Waals surface area contributed by atoms with E-state index in [1.807, 2.05) is 41.9 Å². The first-order valence-electron chi connectivity index (χ1n) is 8.34. The number of nitrogens with one attached hydrogen (secondary N) is 2. The number of urea groups is 1. The van der Waals surface area contributed by atoms with Crippen LogP contribution in [0, 0.1) is 0 Å². The van der Waals surface area contributed by atoms with E-state index in [0.717, 1.165) is 24.2 Å². The van der Waals surface area contributed by atoms with Gasteiger partial charge in [-0.05, 0) is 18.9 Å². The van der Waals surface area contributed by atoms with Crippen LogP contribution in [0.15, 0.2) is 36.7 Å². The van der Waals surface area contributed by atoms with Gasteiger partial charge in [0.2, 0.25) is 0 Å². The molecule has 2 N–H and O–H groups in total. The molecule has 2 atom stereocenters. The molecule has 128 valence electrons. The van der Waals surface area contributed by atoms with Crippen molar-refractivity contribution >= 4 is 6.03 Å². The molecule has 0 radical (unpaired) electrons. The molecule has 2 aromatic rings. The summed E-state index contributed by atoms with van der Waals surface area (Å²) >= 11 is 0. The van der Waals surface area contributed by atoms with E-state index in [4.69, 9.17) is 4.74 Å². The third kappa shape index (κ3) is 4.11. The first-order valence-corrected chi connectivity index (χ1v) is 8.34. The van der Waals surface area contributed by atoms with E-state index in [0.29, 0.717) is 19.7 Å². The maximum Gasteiger partial charge on any atom is 0.315 e. The number of fused-ring (bicyclic) bond motifs is 1. The minimum Gasteiger partial charge on any atom is -0.372 e. The maximum absolute atomic E-state index is 12.2. The first-order chi connectivity index (χ1) is 11.8. The van der Waals surface area contributed by atoms with Crippen LogP contribution in [0.4, 0.5) is 4.79 Å². The molecular weight excluding hydrogens is 306 g/mol. The minimum atomic E-state index is -0.177. The van der Waals surface area contributed by atoms with E-state index in [9.17, 15) is 4.79 Å². The van der Waals surface area contributed by atoms with Gasteiger partial charge in [-0.3, -0.25) is 0 Å². The Balaban J connectivity index is 1.49. The first kappa shape index (κ1) is 16.4. The molecule has 1 aliphatic heterocycles. The quantitative estimate of drug-likeness (QED) is 0.845. The Labute approximate surface area is 141 Å². The highest BCUT2D eigenvalue weighted by Gasteiger charge is 2.21. The van der Waals surface area contributed by atoms with Gasteiger partial charge in [-0.15, -0.1) is 0 Å². The molecule has 0 aliphatic carbocycles. The van der Waals surface area contributed by atoms with Gasteiger partial charge in [0, 0.05) is 19.6 Å². The number of nitrogens with zero attached hydrogens (tertiary/aromatic N) is 3. The number of benzene rings is 1. The zero-order chi connectivity index (χ0) is 16.8. The van der Waals surface area contributed by atoms with Crippen molar-refractivity contribution in [1.29, 1.82) is 0 Å². The molecule has 1 aliphatic rings. The number of amides is 2.